The number of halogens is 2. The van der Waals surface area contributed by atoms with Crippen LogP contribution in [-0.4, -0.2) is 47.0 Å². The zero-order valence-corrected chi connectivity index (χ0v) is 15.4. The van der Waals surface area contributed by atoms with Crippen LogP contribution in [0.4, 0.5) is 13.6 Å². The lowest BCUT2D eigenvalue weighted by atomic mass is 10.0. The van der Waals surface area contributed by atoms with Crippen LogP contribution in [0.25, 0.3) is 0 Å². The van der Waals surface area contributed by atoms with E-state index in [0.717, 1.165) is 43.6 Å². The summed E-state index contributed by atoms with van der Waals surface area (Å²) in [6.45, 7) is 2.48. The molecule has 0 atom stereocenters. The molecule has 0 aliphatic carbocycles. The molecular weight excluding hydrogens is 350 g/mol. The van der Waals surface area contributed by atoms with E-state index in [9.17, 15) is 13.6 Å². The number of amides is 2. The normalized spacial score (nSPS) is 15.5. The Balaban J connectivity index is 1.68. The predicted molar refractivity (Wildman–Crippen MR) is 98.9 cm³/mol. The highest BCUT2D eigenvalue weighted by Crippen LogP contribution is 2.19. The van der Waals surface area contributed by atoms with E-state index in [-0.39, 0.29) is 18.6 Å². The van der Waals surface area contributed by atoms with Gasteiger partial charge in [-0.25, -0.2) is 13.6 Å². The van der Waals surface area contributed by atoms with Crippen molar-refractivity contribution >= 4 is 6.03 Å². The number of nitrogens with zero attached hydrogens (tertiary/aromatic N) is 3. The first-order valence-corrected chi connectivity index (χ1v) is 9.09. The first-order valence-electron chi connectivity index (χ1n) is 9.09. The number of hydrogen-bond acceptors (Lipinski definition) is 3. The predicted octanol–water partition coefficient (Wildman–Crippen LogP) is 3.17. The largest absolute Gasteiger partial charge is 0.334 e. The van der Waals surface area contributed by atoms with Crippen molar-refractivity contribution in [2.24, 2.45) is 0 Å². The van der Waals surface area contributed by atoms with Gasteiger partial charge in [-0.2, -0.15) is 0 Å². The van der Waals surface area contributed by atoms with Crippen molar-refractivity contribution in [3.05, 3.63) is 65.5 Å². The van der Waals surface area contributed by atoms with Gasteiger partial charge in [0.15, 0.2) is 11.6 Å². The Morgan fingerprint density at radius 2 is 2.00 bits per heavy atom. The molecule has 1 N–H and O–H groups in total. The molecule has 0 saturated carbocycles. The van der Waals surface area contributed by atoms with Crippen molar-refractivity contribution in [2.45, 2.75) is 32.0 Å². The Morgan fingerprint density at radius 3 is 2.67 bits per heavy atom. The number of carbonyl (C=O) groups is 1. The Kier molecular flexibility index (Phi) is 6.34. The van der Waals surface area contributed by atoms with E-state index in [1.165, 1.54) is 6.07 Å². The van der Waals surface area contributed by atoms with Crippen LogP contribution in [0.15, 0.2) is 42.7 Å². The molecule has 0 unspecified atom stereocenters. The minimum Gasteiger partial charge on any atom is -0.334 e. The second-order valence-electron chi connectivity index (χ2n) is 6.93. The summed E-state index contributed by atoms with van der Waals surface area (Å²) in [5, 5.41) is 2.84. The molecule has 7 heteroatoms. The van der Waals surface area contributed by atoms with E-state index in [1.807, 2.05) is 17.0 Å². The molecule has 2 amide bonds. The van der Waals surface area contributed by atoms with E-state index in [4.69, 9.17) is 0 Å². The monoisotopic (exact) mass is 374 g/mol. The molecule has 0 bridgehead atoms. The third kappa shape index (κ3) is 5.23. The Bertz CT molecular complexity index is 764. The fourth-order valence-electron chi connectivity index (χ4n) is 3.29. The van der Waals surface area contributed by atoms with Crippen LogP contribution < -0.4 is 5.32 Å². The molecule has 0 spiro atoms. The van der Waals surface area contributed by atoms with Gasteiger partial charge in [-0.1, -0.05) is 12.1 Å². The number of pyridine rings is 1. The molecule has 144 valence electrons. The van der Waals surface area contributed by atoms with Gasteiger partial charge in [-0.3, -0.25) is 4.98 Å². The number of nitrogens with one attached hydrogen (secondary N) is 1. The number of aromatic nitrogens is 1. The van der Waals surface area contributed by atoms with Crippen molar-refractivity contribution in [3.8, 4) is 0 Å². The number of carbonyl (C=O) groups excluding carboxylic acids is 1. The van der Waals surface area contributed by atoms with Crippen LogP contribution in [0.2, 0.25) is 0 Å². The van der Waals surface area contributed by atoms with Crippen LogP contribution in [0.5, 0.6) is 0 Å². The minimum atomic E-state index is -0.913. The number of likely N-dealkylation sites (tertiary alicyclic amines) is 1. The molecule has 1 aromatic heterocycles. The van der Waals surface area contributed by atoms with Gasteiger partial charge in [0, 0.05) is 31.5 Å². The highest BCUT2D eigenvalue weighted by atomic mass is 19.2. The quantitative estimate of drug-likeness (QED) is 0.875. The number of rotatable bonds is 5. The Labute approximate surface area is 158 Å². The lowest BCUT2D eigenvalue weighted by molar-refractivity contribution is 0.127. The van der Waals surface area contributed by atoms with E-state index in [1.54, 1.807) is 12.4 Å². The molecule has 1 saturated heterocycles. The standard InChI is InChI=1S/C20H24F2N4O/c1-25-9-6-17(7-10-25)26(14-16-3-2-8-23-12-16)20(27)24-13-15-4-5-18(21)19(22)11-15/h2-5,8,11-12,17H,6-7,9-10,13-14H2,1H3,(H,24,27). The highest BCUT2D eigenvalue weighted by Gasteiger charge is 2.27. The maximum Gasteiger partial charge on any atom is 0.318 e. The molecule has 3 rings (SSSR count). The van der Waals surface area contributed by atoms with Crippen LogP contribution in [-0.2, 0) is 13.1 Å². The fraction of sp³-hybridized carbons (Fsp3) is 0.400. The SMILES string of the molecule is CN1CCC(N(Cc2cccnc2)C(=O)NCc2ccc(F)c(F)c2)CC1. The van der Waals surface area contributed by atoms with Gasteiger partial charge >= 0.3 is 6.03 Å². The number of piperidine rings is 1. The van der Waals surface area contributed by atoms with E-state index >= 15 is 0 Å². The van der Waals surface area contributed by atoms with Gasteiger partial charge in [0.1, 0.15) is 0 Å². The Morgan fingerprint density at radius 1 is 1.22 bits per heavy atom. The number of benzene rings is 1. The summed E-state index contributed by atoms with van der Waals surface area (Å²) >= 11 is 0. The number of urea groups is 1. The van der Waals surface area contributed by atoms with E-state index < -0.39 is 11.6 Å². The van der Waals surface area contributed by atoms with Crippen LogP contribution >= 0.6 is 0 Å². The third-order valence-electron chi connectivity index (χ3n) is 4.89. The second kappa shape index (κ2) is 8.90. The van der Waals surface area contributed by atoms with E-state index in [2.05, 4.69) is 22.2 Å². The highest BCUT2D eigenvalue weighted by molar-refractivity contribution is 5.74. The topological polar surface area (TPSA) is 48.5 Å². The van der Waals surface area contributed by atoms with Crippen molar-refractivity contribution < 1.29 is 13.6 Å². The molecule has 1 aromatic carbocycles. The molecule has 27 heavy (non-hydrogen) atoms. The van der Waals surface area contributed by atoms with Gasteiger partial charge in [0.05, 0.1) is 0 Å². The van der Waals surface area contributed by atoms with Gasteiger partial charge < -0.3 is 15.1 Å². The molecule has 0 radical (unpaired) electrons. The van der Waals surface area contributed by atoms with Crippen molar-refractivity contribution in [1.29, 1.82) is 0 Å². The van der Waals surface area contributed by atoms with Crippen LogP contribution in [0.1, 0.15) is 24.0 Å². The van der Waals surface area contributed by atoms with Crippen LogP contribution in [0, 0.1) is 11.6 Å². The summed E-state index contributed by atoms with van der Waals surface area (Å²) < 4.78 is 26.4. The summed E-state index contributed by atoms with van der Waals surface area (Å²) in [6, 6.07) is 7.36. The maximum absolute atomic E-state index is 13.4. The Hall–Kier alpha value is -2.54. The minimum absolute atomic E-state index is 0.131. The molecular formula is C20H24F2N4O. The van der Waals surface area contributed by atoms with E-state index in [0.29, 0.717) is 12.1 Å². The van der Waals surface area contributed by atoms with Gasteiger partial charge in [-0.15, -0.1) is 0 Å². The summed E-state index contributed by atoms with van der Waals surface area (Å²) in [4.78, 5) is 21.1. The lowest BCUT2D eigenvalue weighted by Gasteiger charge is -2.37. The smallest absolute Gasteiger partial charge is 0.318 e. The average molecular weight is 374 g/mol. The summed E-state index contributed by atoms with van der Waals surface area (Å²) in [5.41, 5.74) is 1.48. The molecule has 5 nitrogen and oxygen atoms in total. The summed E-state index contributed by atoms with van der Waals surface area (Å²) in [6.07, 6.45) is 5.25. The molecule has 1 aliphatic heterocycles. The average Bonchev–Trinajstić information content (AvgIpc) is 2.68. The zero-order chi connectivity index (χ0) is 19.2. The first kappa shape index (κ1) is 19.2. The zero-order valence-electron chi connectivity index (χ0n) is 15.4. The molecule has 2 heterocycles. The first-order chi connectivity index (χ1) is 13.0. The van der Waals surface area contributed by atoms with Crippen molar-refractivity contribution in [2.75, 3.05) is 20.1 Å². The summed E-state index contributed by atoms with van der Waals surface area (Å²) in [5.74, 6) is -1.81. The van der Waals surface area contributed by atoms with Crippen molar-refractivity contribution in [3.63, 3.8) is 0 Å². The maximum atomic E-state index is 13.4. The van der Waals surface area contributed by atoms with Gasteiger partial charge in [0.2, 0.25) is 0 Å². The molecule has 1 aliphatic rings. The van der Waals surface area contributed by atoms with Crippen molar-refractivity contribution in [1.82, 2.24) is 20.1 Å². The lowest BCUT2D eigenvalue weighted by Crippen LogP contribution is -2.49. The van der Waals surface area contributed by atoms with Gasteiger partial charge in [-0.05, 0) is 62.3 Å². The van der Waals surface area contributed by atoms with Crippen LogP contribution in [0.3, 0.4) is 0 Å². The molecule has 1 fully saturated rings. The number of hydrogen-bond donors (Lipinski definition) is 1. The third-order valence-corrected chi connectivity index (χ3v) is 4.89. The molecule has 2 aromatic rings. The van der Waals surface area contributed by atoms with Gasteiger partial charge in [0.25, 0.3) is 0 Å². The fourth-order valence-corrected chi connectivity index (χ4v) is 3.29. The summed E-state index contributed by atoms with van der Waals surface area (Å²) in [7, 11) is 2.07. The second-order valence-corrected chi connectivity index (χ2v) is 6.93.